The first kappa shape index (κ1) is 17.2. The molecule has 3 heteroatoms. The fraction of sp³-hybridized carbons (Fsp3) is 0.647. The molecule has 0 radical (unpaired) electrons. The second kappa shape index (κ2) is 7.84. The lowest BCUT2D eigenvalue weighted by Gasteiger charge is -2.26. The molecule has 0 saturated carbocycles. The van der Waals surface area contributed by atoms with Gasteiger partial charge >= 0.3 is 0 Å². The van der Waals surface area contributed by atoms with E-state index in [1.54, 1.807) is 7.11 Å². The van der Waals surface area contributed by atoms with Crippen molar-refractivity contribution in [2.75, 3.05) is 13.7 Å². The van der Waals surface area contributed by atoms with Gasteiger partial charge in [0, 0.05) is 14.1 Å². The second-order valence-corrected chi connectivity index (χ2v) is 12.8. The van der Waals surface area contributed by atoms with Crippen LogP contribution in [0.25, 0.3) is 0 Å². The number of benzene rings is 1. The summed E-state index contributed by atoms with van der Waals surface area (Å²) in [5.41, 5.74) is 1.42. The highest BCUT2D eigenvalue weighted by Gasteiger charge is 2.20. The van der Waals surface area contributed by atoms with Crippen molar-refractivity contribution in [1.29, 1.82) is 0 Å². The Kier molecular flexibility index (Phi) is 6.76. The van der Waals surface area contributed by atoms with Gasteiger partial charge in [-0.25, -0.2) is 0 Å². The van der Waals surface area contributed by atoms with Gasteiger partial charge in [-0.05, 0) is 36.6 Å². The van der Waals surface area contributed by atoms with Crippen LogP contribution in [0.3, 0.4) is 0 Å². The van der Waals surface area contributed by atoms with Gasteiger partial charge in [-0.15, -0.1) is 0 Å². The van der Waals surface area contributed by atoms with Gasteiger partial charge in [0.1, 0.15) is 5.75 Å². The van der Waals surface area contributed by atoms with Gasteiger partial charge in [0.25, 0.3) is 0 Å². The minimum atomic E-state index is -1.03. The van der Waals surface area contributed by atoms with Gasteiger partial charge in [-0.2, -0.15) is 0 Å². The third-order valence-electron chi connectivity index (χ3n) is 3.40. The standard InChI is InChI=1S/C17H31NOSi/c1-14(2)18-12-16(13-20(4,5)6)11-15-7-9-17(19-3)10-8-15/h7-10,14,16,18H,11-13H2,1-6H3. The smallest absolute Gasteiger partial charge is 0.118 e. The maximum atomic E-state index is 5.23. The fourth-order valence-corrected chi connectivity index (χ4v) is 4.60. The highest BCUT2D eigenvalue weighted by Crippen LogP contribution is 2.22. The normalized spacial score (nSPS) is 13.6. The molecule has 0 amide bonds. The minimum absolute atomic E-state index is 0.565. The zero-order chi connectivity index (χ0) is 15.2. The summed E-state index contributed by atoms with van der Waals surface area (Å²) in [6, 6.07) is 10.5. The molecule has 2 nitrogen and oxygen atoms in total. The number of rotatable bonds is 8. The number of hydrogen-bond donors (Lipinski definition) is 1. The average molecular weight is 294 g/mol. The van der Waals surface area contributed by atoms with E-state index in [0.717, 1.165) is 24.6 Å². The molecule has 0 heterocycles. The molecule has 1 atom stereocenters. The molecule has 1 unspecified atom stereocenters. The predicted octanol–water partition coefficient (Wildman–Crippen LogP) is 4.19. The Bertz CT molecular complexity index is 381. The summed E-state index contributed by atoms with van der Waals surface area (Å²) >= 11 is 0. The molecule has 1 aromatic rings. The Labute approximate surface area is 125 Å². The molecule has 0 aliphatic rings. The Morgan fingerprint density at radius 2 is 1.70 bits per heavy atom. The molecule has 0 aliphatic heterocycles. The third-order valence-corrected chi connectivity index (χ3v) is 5.20. The Morgan fingerprint density at radius 3 is 2.15 bits per heavy atom. The van der Waals surface area contributed by atoms with Crippen LogP contribution in [0.4, 0.5) is 0 Å². The Hall–Kier alpha value is -0.803. The quantitative estimate of drug-likeness (QED) is 0.726. The van der Waals surface area contributed by atoms with Crippen molar-refractivity contribution in [2.24, 2.45) is 5.92 Å². The average Bonchev–Trinajstić information content (AvgIpc) is 2.35. The van der Waals surface area contributed by atoms with Crippen molar-refractivity contribution in [3.63, 3.8) is 0 Å². The van der Waals surface area contributed by atoms with Crippen LogP contribution in [0.1, 0.15) is 19.4 Å². The zero-order valence-electron chi connectivity index (χ0n) is 14.0. The molecule has 0 fully saturated rings. The van der Waals surface area contributed by atoms with Gasteiger partial charge in [0.05, 0.1) is 7.11 Å². The van der Waals surface area contributed by atoms with E-state index < -0.39 is 8.07 Å². The second-order valence-electron chi connectivity index (χ2n) is 7.25. The van der Waals surface area contributed by atoms with Crippen molar-refractivity contribution in [1.82, 2.24) is 5.32 Å². The van der Waals surface area contributed by atoms with E-state index in [4.69, 9.17) is 4.74 Å². The van der Waals surface area contributed by atoms with Gasteiger partial charge in [0.15, 0.2) is 0 Å². The van der Waals surface area contributed by atoms with E-state index in [2.05, 4.69) is 63.1 Å². The van der Waals surface area contributed by atoms with Crippen molar-refractivity contribution in [3.05, 3.63) is 29.8 Å². The molecule has 0 bridgehead atoms. The van der Waals surface area contributed by atoms with Crippen LogP contribution in [-0.2, 0) is 6.42 Å². The van der Waals surface area contributed by atoms with Crippen LogP contribution in [0.15, 0.2) is 24.3 Å². The fourth-order valence-electron chi connectivity index (χ4n) is 2.58. The number of nitrogens with one attached hydrogen (secondary N) is 1. The summed E-state index contributed by atoms with van der Waals surface area (Å²) < 4.78 is 5.23. The SMILES string of the molecule is COc1ccc(CC(CNC(C)C)C[Si](C)(C)C)cc1. The van der Waals surface area contributed by atoms with Gasteiger partial charge in [-0.3, -0.25) is 0 Å². The summed E-state index contributed by atoms with van der Waals surface area (Å²) in [5, 5.41) is 3.61. The first-order valence-electron chi connectivity index (χ1n) is 7.66. The Morgan fingerprint density at radius 1 is 1.10 bits per heavy atom. The highest BCUT2D eigenvalue weighted by atomic mass is 28.3. The van der Waals surface area contributed by atoms with Gasteiger partial charge < -0.3 is 10.1 Å². The third kappa shape index (κ3) is 7.11. The molecule has 0 saturated heterocycles. The Balaban J connectivity index is 2.66. The lowest BCUT2D eigenvalue weighted by Crippen LogP contribution is -2.34. The molecule has 0 spiro atoms. The molecule has 1 aromatic carbocycles. The van der Waals surface area contributed by atoms with Crippen molar-refractivity contribution >= 4 is 8.07 Å². The number of methoxy groups -OCH3 is 1. The minimum Gasteiger partial charge on any atom is -0.497 e. The van der Waals surface area contributed by atoms with E-state index in [1.165, 1.54) is 11.6 Å². The summed E-state index contributed by atoms with van der Waals surface area (Å²) in [6.45, 7) is 12.9. The summed E-state index contributed by atoms with van der Waals surface area (Å²) in [7, 11) is 0.689. The lowest BCUT2D eigenvalue weighted by atomic mass is 10.0. The molecule has 0 aromatic heterocycles. The van der Waals surface area contributed by atoms with E-state index in [1.807, 2.05) is 0 Å². The van der Waals surface area contributed by atoms with Gasteiger partial charge in [0.2, 0.25) is 0 Å². The van der Waals surface area contributed by atoms with E-state index >= 15 is 0 Å². The maximum Gasteiger partial charge on any atom is 0.118 e. The predicted molar refractivity (Wildman–Crippen MR) is 91.5 cm³/mol. The molecular weight excluding hydrogens is 262 g/mol. The van der Waals surface area contributed by atoms with E-state index in [-0.39, 0.29) is 0 Å². The van der Waals surface area contributed by atoms with Crippen molar-refractivity contribution < 1.29 is 4.74 Å². The van der Waals surface area contributed by atoms with Crippen molar-refractivity contribution in [2.45, 2.75) is 52.0 Å². The van der Waals surface area contributed by atoms with E-state index in [9.17, 15) is 0 Å². The molecule has 1 rings (SSSR count). The van der Waals surface area contributed by atoms with Crippen LogP contribution in [-0.4, -0.2) is 27.8 Å². The molecule has 1 N–H and O–H groups in total. The van der Waals surface area contributed by atoms with Crippen LogP contribution in [0.2, 0.25) is 25.7 Å². The van der Waals surface area contributed by atoms with Crippen LogP contribution >= 0.6 is 0 Å². The zero-order valence-corrected chi connectivity index (χ0v) is 15.0. The number of hydrogen-bond acceptors (Lipinski definition) is 2. The monoisotopic (exact) mass is 293 g/mol. The number of ether oxygens (including phenoxy) is 1. The van der Waals surface area contributed by atoms with Crippen LogP contribution < -0.4 is 10.1 Å². The topological polar surface area (TPSA) is 21.3 Å². The maximum absolute atomic E-state index is 5.23. The lowest BCUT2D eigenvalue weighted by molar-refractivity contribution is 0.414. The van der Waals surface area contributed by atoms with Crippen molar-refractivity contribution in [3.8, 4) is 5.75 Å². The first-order valence-corrected chi connectivity index (χ1v) is 11.4. The highest BCUT2D eigenvalue weighted by molar-refractivity contribution is 6.76. The molecular formula is C17H31NOSi. The summed E-state index contributed by atoms with van der Waals surface area (Å²) in [6.07, 6.45) is 1.16. The summed E-state index contributed by atoms with van der Waals surface area (Å²) in [4.78, 5) is 0. The molecule has 20 heavy (non-hydrogen) atoms. The molecule has 114 valence electrons. The van der Waals surface area contributed by atoms with Crippen LogP contribution in [0, 0.1) is 5.92 Å². The summed E-state index contributed by atoms with van der Waals surface area (Å²) in [5.74, 6) is 1.67. The first-order chi connectivity index (χ1) is 9.30. The van der Waals surface area contributed by atoms with Gasteiger partial charge in [-0.1, -0.05) is 51.7 Å². The van der Waals surface area contributed by atoms with Crippen LogP contribution in [0.5, 0.6) is 5.75 Å². The van der Waals surface area contributed by atoms with E-state index in [0.29, 0.717) is 6.04 Å². The largest absolute Gasteiger partial charge is 0.497 e. The molecule has 0 aliphatic carbocycles.